The van der Waals surface area contributed by atoms with Crippen LogP contribution in [0.5, 0.6) is 0 Å². The van der Waals surface area contributed by atoms with Crippen molar-refractivity contribution in [3.05, 3.63) is 54.2 Å². The Morgan fingerprint density at radius 2 is 2.05 bits per heavy atom. The number of hydrogen-bond donors (Lipinski definition) is 1. The van der Waals surface area contributed by atoms with Crippen LogP contribution in [-0.2, 0) is 7.05 Å². The van der Waals surface area contributed by atoms with Crippen LogP contribution < -0.4 is 0 Å². The van der Waals surface area contributed by atoms with E-state index in [1.165, 1.54) is 30.5 Å². The maximum absolute atomic E-state index is 13.4. The fraction of sp³-hybridized carbons (Fsp3) is 0.0667. The molecule has 0 fully saturated rings. The average molecular weight is 298 g/mol. The Morgan fingerprint density at radius 1 is 1.23 bits per heavy atom. The van der Waals surface area contributed by atoms with Crippen LogP contribution in [0.1, 0.15) is 10.5 Å². The fourth-order valence-corrected chi connectivity index (χ4v) is 2.02. The van der Waals surface area contributed by atoms with E-state index in [2.05, 4.69) is 15.1 Å². The van der Waals surface area contributed by atoms with Gasteiger partial charge in [0.1, 0.15) is 5.82 Å². The topological polar surface area (TPSA) is 80.9 Å². The molecule has 2 aromatic heterocycles. The van der Waals surface area contributed by atoms with Crippen molar-refractivity contribution >= 4 is 5.97 Å². The first kappa shape index (κ1) is 13.9. The van der Waals surface area contributed by atoms with E-state index in [0.717, 1.165) is 0 Å². The van der Waals surface area contributed by atoms with Crippen LogP contribution in [0.4, 0.5) is 4.39 Å². The third-order valence-electron chi connectivity index (χ3n) is 3.03. The minimum Gasteiger partial charge on any atom is -0.477 e. The molecule has 0 radical (unpaired) electrons. The number of nitrogens with zero attached hydrogens (tertiary/aromatic N) is 4. The van der Waals surface area contributed by atoms with Gasteiger partial charge in [-0.1, -0.05) is 12.1 Å². The van der Waals surface area contributed by atoms with Gasteiger partial charge in [0.2, 0.25) is 0 Å². The van der Waals surface area contributed by atoms with E-state index in [1.54, 1.807) is 24.0 Å². The first-order valence-electron chi connectivity index (χ1n) is 6.40. The number of carbonyl (C=O) groups is 1. The average Bonchev–Trinajstić information content (AvgIpc) is 2.93. The molecule has 0 atom stereocenters. The van der Waals surface area contributed by atoms with Gasteiger partial charge in [0.15, 0.2) is 11.5 Å². The largest absolute Gasteiger partial charge is 0.477 e. The lowest BCUT2D eigenvalue weighted by molar-refractivity contribution is 0.0690. The highest BCUT2D eigenvalue weighted by molar-refractivity contribution is 5.87. The van der Waals surface area contributed by atoms with Crippen molar-refractivity contribution in [3.8, 4) is 22.6 Å². The fourth-order valence-electron chi connectivity index (χ4n) is 2.02. The number of carboxylic acid groups (broad SMARTS) is 1. The Bertz CT molecular complexity index is 860. The third-order valence-corrected chi connectivity index (χ3v) is 3.03. The summed E-state index contributed by atoms with van der Waals surface area (Å²) in [5, 5.41) is 13.2. The van der Waals surface area contributed by atoms with Crippen molar-refractivity contribution in [2.45, 2.75) is 0 Å². The Kier molecular flexibility index (Phi) is 3.38. The van der Waals surface area contributed by atoms with Gasteiger partial charge in [-0.3, -0.25) is 4.68 Å². The molecule has 0 aliphatic rings. The smallest absolute Gasteiger partial charge is 0.354 e. The molecule has 0 spiro atoms. The van der Waals surface area contributed by atoms with Gasteiger partial charge in [0.25, 0.3) is 0 Å². The Balaban J connectivity index is 2.18. The lowest BCUT2D eigenvalue weighted by atomic mass is 10.1. The zero-order chi connectivity index (χ0) is 15.7. The summed E-state index contributed by atoms with van der Waals surface area (Å²) < 4.78 is 14.9. The minimum absolute atomic E-state index is 0.159. The third kappa shape index (κ3) is 2.69. The molecule has 110 valence electrons. The van der Waals surface area contributed by atoms with Gasteiger partial charge >= 0.3 is 5.97 Å². The van der Waals surface area contributed by atoms with Crippen LogP contribution in [0.25, 0.3) is 22.6 Å². The summed E-state index contributed by atoms with van der Waals surface area (Å²) in [7, 11) is 1.73. The summed E-state index contributed by atoms with van der Waals surface area (Å²) in [6, 6.07) is 7.11. The number of benzene rings is 1. The predicted molar refractivity (Wildman–Crippen MR) is 76.6 cm³/mol. The second-order valence-electron chi connectivity index (χ2n) is 4.68. The first-order chi connectivity index (χ1) is 10.5. The van der Waals surface area contributed by atoms with E-state index in [4.69, 9.17) is 0 Å². The lowest BCUT2D eigenvalue weighted by Crippen LogP contribution is -2.04. The highest BCUT2D eigenvalue weighted by Crippen LogP contribution is 2.22. The predicted octanol–water partition coefficient (Wildman–Crippen LogP) is 2.38. The zero-order valence-electron chi connectivity index (χ0n) is 11.6. The van der Waals surface area contributed by atoms with E-state index in [1.807, 2.05) is 0 Å². The Morgan fingerprint density at radius 3 is 2.68 bits per heavy atom. The Hall–Kier alpha value is -3.09. The lowest BCUT2D eigenvalue weighted by Gasteiger charge is -2.05. The van der Waals surface area contributed by atoms with Crippen molar-refractivity contribution < 1.29 is 14.3 Å². The quantitative estimate of drug-likeness (QED) is 0.803. The van der Waals surface area contributed by atoms with Gasteiger partial charge in [-0.05, 0) is 18.2 Å². The summed E-state index contributed by atoms with van der Waals surface area (Å²) in [6.07, 6.45) is 3.21. The molecule has 22 heavy (non-hydrogen) atoms. The molecule has 6 nitrogen and oxygen atoms in total. The molecule has 0 aliphatic carbocycles. The molecule has 1 N–H and O–H groups in total. The monoisotopic (exact) mass is 298 g/mol. The van der Waals surface area contributed by atoms with E-state index in [-0.39, 0.29) is 11.5 Å². The SMILES string of the molecule is Cn1cc(-c2nc(C(=O)O)cc(-c3cccc(F)c3)n2)cn1. The van der Waals surface area contributed by atoms with Crippen LogP contribution in [0, 0.1) is 5.82 Å². The number of halogens is 1. The molecule has 3 aromatic rings. The molecule has 7 heteroatoms. The number of hydrogen-bond acceptors (Lipinski definition) is 4. The normalized spacial score (nSPS) is 10.6. The minimum atomic E-state index is -1.18. The maximum atomic E-state index is 13.4. The van der Waals surface area contributed by atoms with Crippen LogP contribution in [0.3, 0.4) is 0 Å². The van der Waals surface area contributed by atoms with Gasteiger partial charge in [0, 0.05) is 18.8 Å². The van der Waals surface area contributed by atoms with Crippen molar-refractivity contribution in [3.63, 3.8) is 0 Å². The van der Waals surface area contributed by atoms with Crippen molar-refractivity contribution in [1.82, 2.24) is 19.7 Å². The summed E-state index contributed by atoms with van der Waals surface area (Å²) in [5.74, 6) is -1.37. The van der Waals surface area contributed by atoms with Gasteiger partial charge < -0.3 is 5.11 Å². The highest BCUT2D eigenvalue weighted by atomic mass is 19.1. The summed E-state index contributed by atoms with van der Waals surface area (Å²) in [6.45, 7) is 0. The highest BCUT2D eigenvalue weighted by Gasteiger charge is 2.14. The van der Waals surface area contributed by atoms with Crippen molar-refractivity contribution in [2.24, 2.45) is 7.05 Å². The molecule has 0 saturated carbocycles. The molecule has 2 heterocycles. The van der Waals surface area contributed by atoms with Crippen LogP contribution >= 0.6 is 0 Å². The second kappa shape index (κ2) is 5.36. The molecular formula is C15H11FN4O2. The number of aromatic carboxylic acids is 1. The maximum Gasteiger partial charge on any atom is 0.354 e. The number of rotatable bonds is 3. The van der Waals surface area contributed by atoms with E-state index >= 15 is 0 Å². The van der Waals surface area contributed by atoms with Crippen molar-refractivity contribution in [1.29, 1.82) is 0 Å². The summed E-state index contributed by atoms with van der Waals surface area (Å²) in [4.78, 5) is 19.6. The van der Waals surface area contributed by atoms with Crippen LogP contribution in [0.2, 0.25) is 0 Å². The summed E-state index contributed by atoms with van der Waals surface area (Å²) in [5.41, 5.74) is 1.25. The van der Waals surface area contributed by atoms with Crippen molar-refractivity contribution in [2.75, 3.05) is 0 Å². The molecule has 0 unspecified atom stereocenters. The molecular weight excluding hydrogens is 287 g/mol. The Labute approximate surface area is 124 Å². The number of carboxylic acids is 1. The van der Waals surface area contributed by atoms with E-state index in [0.29, 0.717) is 16.8 Å². The molecule has 0 saturated heterocycles. The van der Waals surface area contributed by atoms with E-state index in [9.17, 15) is 14.3 Å². The second-order valence-corrected chi connectivity index (χ2v) is 4.68. The molecule has 3 rings (SSSR count). The van der Waals surface area contributed by atoms with Gasteiger partial charge in [-0.15, -0.1) is 0 Å². The zero-order valence-corrected chi connectivity index (χ0v) is 11.6. The molecule has 1 aromatic carbocycles. The van der Waals surface area contributed by atoms with Crippen LogP contribution in [-0.4, -0.2) is 30.8 Å². The van der Waals surface area contributed by atoms with Gasteiger partial charge in [-0.25, -0.2) is 19.2 Å². The number of aryl methyl sites for hydroxylation is 1. The van der Waals surface area contributed by atoms with Gasteiger partial charge in [-0.2, -0.15) is 5.10 Å². The standard InChI is InChI=1S/C15H11FN4O2/c1-20-8-10(7-17-20)14-18-12(6-13(19-14)15(21)22)9-3-2-4-11(16)5-9/h2-8H,1H3,(H,21,22). The number of aromatic nitrogens is 4. The molecule has 0 amide bonds. The molecule has 0 bridgehead atoms. The summed E-state index contributed by atoms with van der Waals surface area (Å²) >= 11 is 0. The van der Waals surface area contributed by atoms with Crippen LogP contribution in [0.15, 0.2) is 42.7 Å². The van der Waals surface area contributed by atoms with E-state index < -0.39 is 11.8 Å². The first-order valence-corrected chi connectivity index (χ1v) is 6.40. The molecule has 0 aliphatic heterocycles. The van der Waals surface area contributed by atoms with Gasteiger partial charge in [0.05, 0.1) is 17.5 Å².